The molecule has 2 rings (SSSR count). The third kappa shape index (κ3) is 2.45. The molecule has 1 N–H and O–H groups in total. The molecule has 1 aromatic carbocycles. The highest BCUT2D eigenvalue weighted by molar-refractivity contribution is 9.10. The van der Waals surface area contributed by atoms with Crippen molar-refractivity contribution in [1.29, 1.82) is 0 Å². The number of ether oxygens (including phenoxy) is 1. The molecule has 1 fully saturated rings. The fourth-order valence-electron chi connectivity index (χ4n) is 1.43. The number of rotatable bonds is 2. The summed E-state index contributed by atoms with van der Waals surface area (Å²) in [5, 5.41) is 3.42. The normalized spacial score (nSPS) is 21.8. The molecule has 70 valence electrons. The Kier molecular flexibility index (Phi) is 2.86. The number of halogens is 1. The van der Waals surface area contributed by atoms with Crippen molar-refractivity contribution in [3.8, 4) is 0 Å². The van der Waals surface area contributed by atoms with Crippen LogP contribution in [-0.4, -0.2) is 19.3 Å². The van der Waals surface area contributed by atoms with Crippen molar-refractivity contribution in [2.75, 3.05) is 18.5 Å². The van der Waals surface area contributed by atoms with Crippen molar-refractivity contribution in [3.63, 3.8) is 0 Å². The molecule has 1 unspecified atom stereocenters. The smallest absolute Gasteiger partial charge is 0.0668 e. The SMILES string of the molecule is Brc1ccc(NC2CCOC2)cc1. The Morgan fingerprint density at radius 1 is 1.31 bits per heavy atom. The van der Waals surface area contributed by atoms with Crippen molar-refractivity contribution in [2.24, 2.45) is 0 Å². The molecule has 0 saturated carbocycles. The van der Waals surface area contributed by atoms with E-state index in [2.05, 4.69) is 33.4 Å². The molecule has 1 saturated heterocycles. The van der Waals surface area contributed by atoms with E-state index in [9.17, 15) is 0 Å². The lowest BCUT2D eigenvalue weighted by Crippen LogP contribution is -2.18. The number of nitrogens with one attached hydrogen (secondary N) is 1. The summed E-state index contributed by atoms with van der Waals surface area (Å²) >= 11 is 3.41. The van der Waals surface area contributed by atoms with Gasteiger partial charge in [-0.1, -0.05) is 15.9 Å². The number of benzene rings is 1. The molecule has 0 amide bonds. The van der Waals surface area contributed by atoms with Gasteiger partial charge in [0, 0.05) is 16.8 Å². The predicted molar refractivity (Wildman–Crippen MR) is 57.0 cm³/mol. The van der Waals surface area contributed by atoms with Gasteiger partial charge in [-0.25, -0.2) is 0 Å². The molecule has 1 heterocycles. The second-order valence-electron chi connectivity index (χ2n) is 3.21. The molecular weight excluding hydrogens is 230 g/mol. The molecule has 2 nitrogen and oxygen atoms in total. The molecule has 0 radical (unpaired) electrons. The minimum atomic E-state index is 0.487. The zero-order valence-electron chi connectivity index (χ0n) is 7.29. The second-order valence-corrected chi connectivity index (χ2v) is 4.13. The predicted octanol–water partition coefficient (Wildman–Crippen LogP) is 2.65. The van der Waals surface area contributed by atoms with Gasteiger partial charge in [0.15, 0.2) is 0 Å². The highest BCUT2D eigenvalue weighted by atomic mass is 79.9. The van der Waals surface area contributed by atoms with Crippen molar-refractivity contribution in [3.05, 3.63) is 28.7 Å². The van der Waals surface area contributed by atoms with Crippen LogP contribution in [-0.2, 0) is 4.74 Å². The fourth-order valence-corrected chi connectivity index (χ4v) is 1.69. The summed E-state index contributed by atoms with van der Waals surface area (Å²) in [6, 6.07) is 8.71. The van der Waals surface area contributed by atoms with Crippen molar-refractivity contribution in [2.45, 2.75) is 12.5 Å². The zero-order chi connectivity index (χ0) is 9.10. The maximum atomic E-state index is 5.28. The quantitative estimate of drug-likeness (QED) is 0.860. The van der Waals surface area contributed by atoms with Gasteiger partial charge in [0.2, 0.25) is 0 Å². The first-order valence-electron chi connectivity index (χ1n) is 4.44. The van der Waals surface area contributed by atoms with Crippen LogP contribution in [0.15, 0.2) is 28.7 Å². The first kappa shape index (κ1) is 9.03. The van der Waals surface area contributed by atoms with Crippen LogP contribution in [0.4, 0.5) is 5.69 Å². The van der Waals surface area contributed by atoms with Gasteiger partial charge in [0.25, 0.3) is 0 Å². The average molecular weight is 242 g/mol. The van der Waals surface area contributed by atoms with E-state index in [0.29, 0.717) is 6.04 Å². The van der Waals surface area contributed by atoms with Gasteiger partial charge in [-0.15, -0.1) is 0 Å². The van der Waals surface area contributed by atoms with Crippen molar-refractivity contribution < 1.29 is 4.74 Å². The summed E-state index contributed by atoms with van der Waals surface area (Å²) in [7, 11) is 0. The molecule has 0 aromatic heterocycles. The first-order valence-corrected chi connectivity index (χ1v) is 5.24. The third-order valence-corrected chi connectivity index (χ3v) is 2.67. The lowest BCUT2D eigenvalue weighted by molar-refractivity contribution is 0.195. The molecule has 1 aliphatic heterocycles. The Balaban J connectivity index is 1.97. The Labute approximate surface area is 86.4 Å². The van der Waals surface area contributed by atoms with Crippen LogP contribution < -0.4 is 5.32 Å². The summed E-state index contributed by atoms with van der Waals surface area (Å²) in [5.74, 6) is 0. The van der Waals surface area contributed by atoms with Crippen molar-refractivity contribution in [1.82, 2.24) is 0 Å². The van der Waals surface area contributed by atoms with Gasteiger partial charge in [-0.3, -0.25) is 0 Å². The highest BCUT2D eigenvalue weighted by Gasteiger charge is 2.14. The van der Waals surface area contributed by atoms with Crippen LogP contribution >= 0.6 is 15.9 Å². The van der Waals surface area contributed by atoms with Crippen LogP contribution in [0.1, 0.15) is 6.42 Å². The summed E-state index contributed by atoms with van der Waals surface area (Å²) in [6.45, 7) is 1.71. The molecule has 0 aliphatic carbocycles. The van der Waals surface area contributed by atoms with E-state index < -0.39 is 0 Å². The number of anilines is 1. The van der Waals surface area contributed by atoms with Gasteiger partial charge in [-0.2, -0.15) is 0 Å². The van der Waals surface area contributed by atoms with Crippen LogP contribution in [0.25, 0.3) is 0 Å². The number of hydrogen-bond acceptors (Lipinski definition) is 2. The molecule has 0 bridgehead atoms. The van der Waals surface area contributed by atoms with E-state index in [0.717, 1.165) is 24.1 Å². The Morgan fingerprint density at radius 2 is 2.08 bits per heavy atom. The van der Waals surface area contributed by atoms with E-state index >= 15 is 0 Å². The second kappa shape index (κ2) is 4.11. The van der Waals surface area contributed by atoms with E-state index in [1.165, 1.54) is 5.69 Å². The highest BCUT2D eigenvalue weighted by Crippen LogP contribution is 2.17. The van der Waals surface area contributed by atoms with Gasteiger partial charge in [0.1, 0.15) is 0 Å². The van der Waals surface area contributed by atoms with E-state index in [4.69, 9.17) is 4.74 Å². The largest absolute Gasteiger partial charge is 0.380 e. The fraction of sp³-hybridized carbons (Fsp3) is 0.400. The van der Waals surface area contributed by atoms with E-state index in [1.54, 1.807) is 0 Å². The lowest BCUT2D eigenvalue weighted by atomic mass is 10.2. The van der Waals surface area contributed by atoms with Gasteiger partial charge in [-0.05, 0) is 30.7 Å². The standard InChI is InChI=1S/C10H12BrNO/c11-8-1-3-9(4-2-8)12-10-5-6-13-7-10/h1-4,10,12H,5-7H2. The van der Waals surface area contributed by atoms with E-state index in [-0.39, 0.29) is 0 Å². The monoisotopic (exact) mass is 241 g/mol. The summed E-state index contributed by atoms with van der Waals surface area (Å²) in [5.41, 5.74) is 1.17. The van der Waals surface area contributed by atoms with Gasteiger partial charge in [0.05, 0.1) is 12.6 Å². The van der Waals surface area contributed by atoms with Crippen LogP contribution in [0, 0.1) is 0 Å². The Bertz CT molecular complexity index is 267. The summed E-state index contributed by atoms with van der Waals surface area (Å²) in [4.78, 5) is 0. The molecule has 3 heteroatoms. The topological polar surface area (TPSA) is 21.3 Å². The molecule has 1 atom stereocenters. The Hall–Kier alpha value is -0.540. The maximum absolute atomic E-state index is 5.28. The molecule has 13 heavy (non-hydrogen) atoms. The first-order chi connectivity index (χ1) is 6.34. The maximum Gasteiger partial charge on any atom is 0.0668 e. The van der Waals surface area contributed by atoms with Crippen LogP contribution in [0.5, 0.6) is 0 Å². The minimum absolute atomic E-state index is 0.487. The van der Waals surface area contributed by atoms with Crippen molar-refractivity contribution >= 4 is 21.6 Å². The van der Waals surface area contributed by atoms with E-state index in [1.807, 2.05) is 12.1 Å². The zero-order valence-corrected chi connectivity index (χ0v) is 8.88. The van der Waals surface area contributed by atoms with Crippen LogP contribution in [0.2, 0.25) is 0 Å². The molecule has 1 aliphatic rings. The van der Waals surface area contributed by atoms with Gasteiger partial charge < -0.3 is 10.1 Å². The van der Waals surface area contributed by atoms with Gasteiger partial charge >= 0.3 is 0 Å². The van der Waals surface area contributed by atoms with Crippen LogP contribution in [0.3, 0.4) is 0 Å². The molecular formula is C10H12BrNO. The average Bonchev–Trinajstić information content (AvgIpc) is 2.62. The lowest BCUT2D eigenvalue weighted by Gasteiger charge is -2.11. The number of hydrogen-bond donors (Lipinski definition) is 1. The summed E-state index contributed by atoms with van der Waals surface area (Å²) in [6.07, 6.45) is 1.11. The Morgan fingerprint density at radius 3 is 2.69 bits per heavy atom. The third-order valence-electron chi connectivity index (χ3n) is 2.14. The summed E-state index contributed by atoms with van der Waals surface area (Å²) < 4.78 is 6.39. The molecule has 0 spiro atoms. The minimum Gasteiger partial charge on any atom is -0.380 e. The molecule has 1 aromatic rings.